The summed E-state index contributed by atoms with van der Waals surface area (Å²) in [5.74, 6) is -0.634. The Morgan fingerprint density at radius 1 is 1.00 bits per heavy atom. The van der Waals surface area contributed by atoms with E-state index in [1.165, 1.54) is 12.1 Å². The summed E-state index contributed by atoms with van der Waals surface area (Å²) in [6.45, 7) is -0.162. The van der Waals surface area contributed by atoms with E-state index in [0.29, 0.717) is 5.56 Å². The van der Waals surface area contributed by atoms with E-state index in [-0.39, 0.29) is 31.1 Å². The fourth-order valence-corrected chi connectivity index (χ4v) is 4.32. The molecule has 7 heteroatoms. The molecule has 33 heavy (non-hydrogen) atoms. The van der Waals surface area contributed by atoms with E-state index in [9.17, 15) is 24.5 Å². The van der Waals surface area contributed by atoms with Gasteiger partial charge < -0.3 is 25.4 Å². The van der Waals surface area contributed by atoms with Gasteiger partial charge in [0.2, 0.25) is 0 Å². The maximum Gasteiger partial charge on any atom is 0.407 e. The Labute approximate surface area is 191 Å². The summed E-state index contributed by atoms with van der Waals surface area (Å²) in [6, 6.07) is 19.7. The third-order valence-electron chi connectivity index (χ3n) is 6.01. The Kier molecular flexibility index (Phi) is 7.03. The second kappa shape index (κ2) is 10.1. The summed E-state index contributed by atoms with van der Waals surface area (Å²) in [5, 5.41) is 32.6. The maximum atomic E-state index is 13.5. The molecule has 2 atom stereocenters. The summed E-state index contributed by atoms with van der Waals surface area (Å²) in [7, 11) is 0. The highest BCUT2D eigenvalue weighted by molar-refractivity contribution is 5.79. The number of amides is 1. The van der Waals surface area contributed by atoms with Crippen LogP contribution in [0.15, 0.2) is 66.7 Å². The van der Waals surface area contributed by atoms with E-state index in [1.807, 2.05) is 36.4 Å². The van der Waals surface area contributed by atoms with Crippen molar-refractivity contribution in [2.75, 3.05) is 13.2 Å². The summed E-state index contributed by atoms with van der Waals surface area (Å²) in [6.07, 6.45) is -3.26. The van der Waals surface area contributed by atoms with Gasteiger partial charge in [0.25, 0.3) is 0 Å². The smallest absolute Gasteiger partial charge is 0.407 e. The lowest BCUT2D eigenvalue weighted by molar-refractivity contribution is 0.0124. The summed E-state index contributed by atoms with van der Waals surface area (Å²) < 4.78 is 19.0. The van der Waals surface area contributed by atoms with Crippen LogP contribution in [0.5, 0.6) is 0 Å². The molecule has 0 fully saturated rings. The second-order valence-electron chi connectivity index (χ2n) is 8.05. The van der Waals surface area contributed by atoms with Crippen LogP contribution in [0.25, 0.3) is 11.1 Å². The van der Waals surface area contributed by atoms with Gasteiger partial charge in [-0.25, -0.2) is 9.18 Å². The summed E-state index contributed by atoms with van der Waals surface area (Å²) >= 11 is 0. The van der Waals surface area contributed by atoms with Gasteiger partial charge in [0, 0.05) is 12.5 Å². The normalized spacial score (nSPS) is 14.3. The van der Waals surface area contributed by atoms with E-state index in [0.717, 1.165) is 28.3 Å². The number of aliphatic hydroxyl groups is 3. The Morgan fingerprint density at radius 2 is 1.64 bits per heavy atom. The molecular formula is C26H26FNO5. The minimum absolute atomic E-state index is 0.0206. The number of hydrogen-bond acceptors (Lipinski definition) is 5. The van der Waals surface area contributed by atoms with E-state index >= 15 is 0 Å². The van der Waals surface area contributed by atoms with Crippen LogP contribution in [0.1, 0.15) is 40.7 Å². The minimum atomic E-state index is -1.40. The molecule has 1 aliphatic carbocycles. The highest BCUT2D eigenvalue weighted by atomic mass is 19.1. The van der Waals surface area contributed by atoms with Crippen molar-refractivity contribution in [1.29, 1.82) is 0 Å². The van der Waals surface area contributed by atoms with Crippen LogP contribution in [0.2, 0.25) is 0 Å². The molecule has 0 saturated carbocycles. The van der Waals surface area contributed by atoms with Crippen molar-refractivity contribution in [3.05, 3.63) is 94.8 Å². The number of hydrogen-bond donors (Lipinski definition) is 4. The molecule has 0 heterocycles. The van der Waals surface area contributed by atoms with Gasteiger partial charge in [-0.2, -0.15) is 0 Å². The first kappa shape index (κ1) is 22.9. The fraction of sp³-hybridized carbons (Fsp3) is 0.269. The first-order chi connectivity index (χ1) is 16.0. The van der Waals surface area contributed by atoms with Crippen molar-refractivity contribution in [3.63, 3.8) is 0 Å². The van der Waals surface area contributed by atoms with Crippen LogP contribution in [0.3, 0.4) is 0 Å². The van der Waals surface area contributed by atoms with Crippen molar-refractivity contribution in [3.8, 4) is 11.1 Å². The number of carbonyl (C=O) groups excluding carboxylic acids is 1. The Balaban J connectivity index is 1.30. The fourth-order valence-electron chi connectivity index (χ4n) is 4.32. The van der Waals surface area contributed by atoms with Crippen molar-refractivity contribution < 1.29 is 29.2 Å². The number of halogens is 1. The summed E-state index contributed by atoms with van der Waals surface area (Å²) in [4.78, 5) is 12.2. The zero-order chi connectivity index (χ0) is 23.4. The first-order valence-corrected chi connectivity index (χ1v) is 10.8. The lowest BCUT2D eigenvalue weighted by atomic mass is 9.97. The topological polar surface area (TPSA) is 99.0 Å². The molecule has 2 unspecified atom stereocenters. The van der Waals surface area contributed by atoms with Gasteiger partial charge in [-0.05, 0) is 51.9 Å². The van der Waals surface area contributed by atoms with Crippen molar-refractivity contribution in [1.82, 2.24) is 5.32 Å². The Morgan fingerprint density at radius 3 is 2.27 bits per heavy atom. The van der Waals surface area contributed by atoms with Gasteiger partial charge in [0.05, 0.1) is 12.7 Å². The monoisotopic (exact) mass is 451 g/mol. The molecule has 3 aromatic rings. The molecule has 0 spiro atoms. The molecule has 0 saturated heterocycles. The third kappa shape index (κ3) is 4.90. The van der Waals surface area contributed by atoms with Crippen LogP contribution in [-0.2, 0) is 11.3 Å². The number of aliphatic hydroxyl groups excluding tert-OH is 3. The number of fused-ring (bicyclic) bond motifs is 3. The molecule has 4 rings (SSSR count). The zero-order valence-electron chi connectivity index (χ0n) is 17.9. The Hall–Kier alpha value is -3.26. The van der Waals surface area contributed by atoms with Crippen LogP contribution in [0.4, 0.5) is 9.18 Å². The van der Waals surface area contributed by atoms with Crippen molar-refractivity contribution in [2.45, 2.75) is 31.2 Å². The molecule has 0 aromatic heterocycles. The van der Waals surface area contributed by atoms with Crippen molar-refractivity contribution >= 4 is 6.09 Å². The second-order valence-corrected chi connectivity index (χ2v) is 8.05. The molecular weight excluding hydrogens is 425 g/mol. The van der Waals surface area contributed by atoms with Crippen LogP contribution in [0, 0.1) is 5.82 Å². The predicted octanol–water partition coefficient (Wildman–Crippen LogP) is 3.64. The standard InChI is InChI=1S/C26H26FNO5/c27-17-10-9-16(14-29)22(13-17)25(31)24(30)11-12-28-26(32)33-15-23-20-7-3-1-5-18(20)19-6-2-4-8-21(19)23/h1-10,13,23-25,29-31H,11-12,14-15H2,(H,28,32). The summed E-state index contributed by atoms with van der Waals surface area (Å²) in [5.41, 5.74) is 4.94. The highest BCUT2D eigenvalue weighted by Crippen LogP contribution is 2.44. The Bertz CT molecular complexity index is 1090. The predicted molar refractivity (Wildman–Crippen MR) is 121 cm³/mol. The molecule has 172 valence electrons. The molecule has 1 aliphatic rings. The average molecular weight is 451 g/mol. The molecule has 0 radical (unpaired) electrons. The average Bonchev–Trinajstić information content (AvgIpc) is 3.16. The van der Waals surface area contributed by atoms with Gasteiger partial charge >= 0.3 is 6.09 Å². The van der Waals surface area contributed by atoms with Gasteiger partial charge in [-0.3, -0.25) is 0 Å². The highest BCUT2D eigenvalue weighted by Gasteiger charge is 2.29. The van der Waals surface area contributed by atoms with E-state index < -0.39 is 30.7 Å². The quantitative estimate of drug-likeness (QED) is 0.419. The number of nitrogens with one attached hydrogen (secondary N) is 1. The van der Waals surface area contributed by atoms with Gasteiger partial charge in [-0.15, -0.1) is 0 Å². The van der Waals surface area contributed by atoms with E-state index in [1.54, 1.807) is 0 Å². The molecule has 4 N–H and O–H groups in total. The lowest BCUT2D eigenvalue weighted by Gasteiger charge is -2.21. The molecule has 0 bridgehead atoms. The number of alkyl carbamates (subject to hydrolysis) is 1. The number of carbonyl (C=O) groups is 1. The first-order valence-electron chi connectivity index (χ1n) is 10.8. The molecule has 3 aromatic carbocycles. The SMILES string of the molecule is O=C(NCCC(O)C(O)c1cc(F)ccc1CO)OCC1c2ccccc2-c2ccccc21. The number of rotatable bonds is 8. The van der Waals surface area contributed by atoms with E-state index in [2.05, 4.69) is 17.4 Å². The maximum absolute atomic E-state index is 13.5. The van der Waals surface area contributed by atoms with Gasteiger partial charge in [0.15, 0.2) is 0 Å². The third-order valence-corrected chi connectivity index (χ3v) is 6.01. The van der Waals surface area contributed by atoms with E-state index in [4.69, 9.17) is 4.74 Å². The van der Waals surface area contributed by atoms with Gasteiger partial charge in [0.1, 0.15) is 18.5 Å². The van der Waals surface area contributed by atoms with Crippen LogP contribution >= 0.6 is 0 Å². The largest absolute Gasteiger partial charge is 0.449 e. The van der Waals surface area contributed by atoms with Crippen LogP contribution < -0.4 is 5.32 Å². The molecule has 0 aliphatic heterocycles. The number of ether oxygens (including phenoxy) is 1. The van der Waals surface area contributed by atoms with Crippen molar-refractivity contribution in [2.24, 2.45) is 0 Å². The molecule has 1 amide bonds. The van der Waals surface area contributed by atoms with Gasteiger partial charge in [-0.1, -0.05) is 54.6 Å². The molecule has 6 nitrogen and oxygen atoms in total. The zero-order valence-corrected chi connectivity index (χ0v) is 17.9. The minimum Gasteiger partial charge on any atom is -0.449 e. The van der Waals surface area contributed by atoms with Crippen LogP contribution in [-0.4, -0.2) is 40.7 Å². The number of benzene rings is 3. The lowest BCUT2D eigenvalue weighted by Crippen LogP contribution is -2.31.